The lowest BCUT2D eigenvalue weighted by Crippen LogP contribution is -2.45. The minimum Gasteiger partial charge on any atom is -0.402 e. The van der Waals surface area contributed by atoms with Crippen molar-refractivity contribution in [3.05, 3.63) is 46.7 Å². The zero-order valence-corrected chi connectivity index (χ0v) is 9.85. The summed E-state index contributed by atoms with van der Waals surface area (Å²) in [7, 11) is 0. The van der Waals surface area contributed by atoms with Gasteiger partial charge in [0, 0.05) is 28.4 Å². The third kappa shape index (κ3) is 1.36. The normalized spacial score (nSPS) is 26.9. The first kappa shape index (κ1) is 11.2. The van der Waals surface area contributed by atoms with E-state index in [0.29, 0.717) is 35.2 Å². The van der Waals surface area contributed by atoms with Crippen LogP contribution in [-0.4, -0.2) is 17.6 Å². The molecule has 4 nitrogen and oxygen atoms in total. The van der Waals surface area contributed by atoms with Crippen molar-refractivity contribution in [3.8, 4) is 0 Å². The highest BCUT2D eigenvalue weighted by Crippen LogP contribution is 2.37. The molecule has 0 spiro atoms. The Bertz CT molecular complexity index is 589. The highest BCUT2D eigenvalue weighted by atomic mass is 16.1. The summed E-state index contributed by atoms with van der Waals surface area (Å²) in [4.78, 5) is 24.8. The molecule has 2 aliphatic rings. The Labute approximate surface area is 105 Å². The fourth-order valence-electron chi connectivity index (χ4n) is 2.86. The molecule has 4 N–H and O–H groups in total. The van der Waals surface area contributed by atoms with E-state index >= 15 is 0 Å². The number of hydrogen-bond acceptors (Lipinski definition) is 4. The zero-order chi connectivity index (χ0) is 12.9. The monoisotopic (exact) mass is 242 g/mol. The number of Topliss-reactive ketones (excluding diaryl/α,β-unsaturated/α-hetero) is 2. The molecule has 1 aromatic carbocycles. The van der Waals surface area contributed by atoms with Crippen LogP contribution in [0.5, 0.6) is 0 Å². The molecule has 4 heteroatoms. The largest absolute Gasteiger partial charge is 0.402 e. The van der Waals surface area contributed by atoms with Crippen LogP contribution < -0.4 is 11.5 Å². The maximum atomic E-state index is 12.4. The van der Waals surface area contributed by atoms with Crippen molar-refractivity contribution in [1.29, 1.82) is 0 Å². The van der Waals surface area contributed by atoms with E-state index in [2.05, 4.69) is 0 Å². The van der Waals surface area contributed by atoms with Gasteiger partial charge >= 0.3 is 0 Å². The second-order valence-corrected chi connectivity index (χ2v) is 4.86. The first-order valence-corrected chi connectivity index (χ1v) is 6.03. The van der Waals surface area contributed by atoms with Gasteiger partial charge in [-0.05, 0) is 12.8 Å². The van der Waals surface area contributed by atoms with Crippen LogP contribution in [0, 0.1) is 5.92 Å². The molecule has 2 atom stereocenters. The quantitative estimate of drug-likeness (QED) is 0.711. The molecule has 0 fully saturated rings. The average Bonchev–Trinajstić information content (AvgIpc) is 2.38. The molecule has 92 valence electrons. The summed E-state index contributed by atoms with van der Waals surface area (Å²) < 4.78 is 0. The van der Waals surface area contributed by atoms with E-state index in [9.17, 15) is 9.59 Å². The molecule has 1 aromatic rings. The van der Waals surface area contributed by atoms with Gasteiger partial charge in [0.1, 0.15) is 0 Å². The first-order chi connectivity index (χ1) is 8.61. The summed E-state index contributed by atoms with van der Waals surface area (Å²) >= 11 is 0. The second-order valence-electron chi connectivity index (χ2n) is 4.86. The maximum absolute atomic E-state index is 12.4. The van der Waals surface area contributed by atoms with Gasteiger partial charge in [0.2, 0.25) is 0 Å². The molecule has 2 unspecified atom stereocenters. The smallest absolute Gasteiger partial charge is 0.192 e. The van der Waals surface area contributed by atoms with Crippen molar-refractivity contribution in [1.82, 2.24) is 0 Å². The summed E-state index contributed by atoms with van der Waals surface area (Å²) in [5.74, 6) is -0.764. The molecule has 18 heavy (non-hydrogen) atoms. The van der Waals surface area contributed by atoms with Crippen LogP contribution >= 0.6 is 0 Å². The fraction of sp³-hybridized carbons (Fsp3) is 0.286. The Kier molecular flexibility index (Phi) is 2.35. The topological polar surface area (TPSA) is 86.2 Å². The number of benzene rings is 1. The van der Waals surface area contributed by atoms with E-state index in [1.54, 1.807) is 24.3 Å². The van der Waals surface area contributed by atoms with Crippen molar-refractivity contribution in [2.24, 2.45) is 17.4 Å². The lowest BCUT2D eigenvalue weighted by atomic mass is 9.70. The molecule has 0 aromatic heterocycles. The Balaban J connectivity index is 2.26. The average molecular weight is 242 g/mol. The van der Waals surface area contributed by atoms with Crippen LogP contribution in [0.2, 0.25) is 0 Å². The first-order valence-electron chi connectivity index (χ1n) is 6.03. The summed E-state index contributed by atoms with van der Waals surface area (Å²) in [6.07, 6.45) is 1.25. The molecule has 3 rings (SSSR count). The van der Waals surface area contributed by atoms with Gasteiger partial charge in [-0.3, -0.25) is 9.59 Å². The Hall–Kier alpha value is -1.94. The minimum atomic E-state index is -0.554. The SMILES string of the molecule is NC1=C2C(=O)c3ccccc3C(=O)C2C(N)CC1. The van der Waals surface area contributed by atoms with E-state index in [0.717, 1.165) is 0 Å². The van der Waals surface area contributed by atoms with Gasteiger partial charge in [-0.1, -0.05) is 24.3 Å². The number of rotatable bonds is 0. The molecular formula is C14H14N2O2. The number of nitrogens with two attached hydrogens (primary N) is 2. The molecule has 0 heterocycles. The molecule has 0 aliphatic heterocycles. The van der Waals surface area contributed by atoms with Crippen LogP contribution in [0.15, 0.2) is 35.5 Å². The molecule has 0 amide bonds. The van der Waals surface area contributed by atoms with Gasteiger partial charge in [0.25, 0.3) is 0 Å². The Morgan fingerprint density at radius 2 is 1.78 bits per heavy atom. The number of allylic oxidation sites excluding steroid dienone is 1. The molecular weight excluding hydrogens is 228 g/mol. The minimum absolute atomic E-state index is 0.0737. The zero-order valence-electron chi connectivity index (χ0n) is 9.85. The van der Waals surface area contributed by atoms with E-state index < -0.39 is 5.92 Å². The van der Waals surface area contributed by atoms with Crippen molar-refractivity contribution in [3.63, 3.8) is 0 Å². The predicted molar refractivity (Wildman–Crippen MR) is 67.0 cm³/mol. The van der Waals surface area contributed by atoms with Gasteiger partial charge < -0.3 is 11.5 Å². The van der Waals surface area contributed by atoms with Crippen LogP contribution in [0.25, 0.3) is 0 Å². The maximum Gasteiger partial charge on any atom is 0.192 e. The van der Waals surface area contributed by atoms with Gasteiger partial charge in [0.05, 0.1) is 5.92 Å². The van der Waals surface area contributed by atoms with Crippen LogP contribution in [0.4, 0.5) is 0 Å². The van der Waals surface area contributed by atoms with Gasteiger partial charge in [0.15, 0.2) is 11.6 Å². The second kappa shape index (κ2) is 3.78. The highest BCUT2D eigenvalue weighted by molar-refractivity contribution is 6.24. The molecule has 0 radical (unpaired) electrons. The lowest BCUT2D eigenvalue weighted by molar-refractivity contribution is 0.0856. The summed E-state index contributed by atoms with van der Waals surface area (Å²) in [6.45, 7) is 0. The van der Waals surface area contributed by atoms with E-state index in [1.165, 1.54) is 0 Å². The number of hydrogen-bond donors (Lipinski definition) is 2. The third-order valence-corrected chi connectivity index (χ3v) is 3.80. The van der Waals surface area contributed by atoms with Gasteiger partial charge in [-0.25, -0.2) is 0 Å². The van der Waals surface area contributed by atoms with Crippen molar-refractivity contribution in [2.45, 2.75) is 18.9 Å². The summed E-state index contributed by atoms with van der Waals surface area (Å²) in [5.41, 5.74) is 13.8. The van der Waals surface area contributed by atoms with Crippen molar-refractivity contribution in [2.75, 3.05) is 0 Å². The Morgan fingerprint density at radius 3 is 2.50 bits per heavy atom. The molecule has 0 saturated heterocycles. The summed E-state index contributed by atoms with van der Waals surface area (Å²) in [5, 5.41) is 0. The van der Waals surface area contributed by atoms with Crippen LogP contribution in [0.1, 0.15) is 33.6 Å². The third-order valence-electron chi connectivity index (χ3n) is 3.80. The fourth-order valence-corrected chi connectivity index (χ4v) is 2.86. The molecule has 2 aliphatic carbocycles. The van der Waals surface area contributed by atoms with Crippen molar-refractivity contribution >= 4 is 11.6 Å². The van der Waals surface area contributed by atoms with Gasteiger partial charge in [-0.15, -0.1) is 0 Å². The van der Waals surface area contributed by atoms with E-state index in [1.807, 2.05) is 0 Å². The molecule has 0 saturated carbocycles. The van der Waals surface area contributed by atoms with Gasteiger partial charge in [-0.2, -0.15) is 0 Å². The van der Waals surface area contributed by atoms with E-state index in [-0.39, 0.29) is 17.6 Å². The Morgan fingerprint density at radius 1 is 1.11 bits per heavy atom. The number of ketones is 2. The van der Waals surface area contributed by atoms with Crippen molar-refractivity contribution < 1.29 is 9.59 Å². The number of fused-ring (bicyclic) bond motifs is 2. The highest BCUT2D eigenvalue weighted by Gasteiger charge is 2.43. The number of carbonyl (C=O) groups excluding carboxylic acids is 2. The standard InChI is InChI=1S/C14H14N2O2/c15-9-5-6-10(16)12-11(9)13(17)7-3-1-2-4-8(7)14(12)18/h1-4,9,11H,5-6,15-16H2. The van der Waals surface area contributed by atoms with E-state index in [4.69, 9.17) is 11.5 Å². The lowest BCUT2D eigenvalue weighted by Gasteiger charge is -2.34. The molecule has 0 bridgehead atoms. The van der Waals surface area contributed by atoms with Crippen LogP contribution in [0.3, 0.4) is 0 Å². The predicted octanol–water partition coefficient (Wildman–Crippen LogP) is 1.02. The van der Waals surface area contributed by atoms with Crippen LogP contribution in [-0.2, 0) is 0 Å². The summed E-state index contributed by atoms with van der Waals surface area (Å²) in [6, 6.07) is 6.56. The number of carbonyl (C=O) groups is 2.